The topological polar surface area (TPSA) is 79.7 Å². The van der Waals surface area contributed by atoms with Gasteiger partial charge in [-0.1, -0.05) is 6.07 Å². The van der Waals surface area contributed by atoms with Gasteiger partial charge in [0.2, 0.25) is 11.8 Å². The highest BCUT2D eigenvalue weighted by molar-refractivity contribution is 5.89. The van der Waals surface area contributed by atoms with E-state index in [0.29, 0.717) is 19.6 Å². The van der Waals surface area contributed by atoms with E-state index in [4.69, 9.17) is 4.74 Å². The van der Waals surface area contributed by atoms with Crippen molar-refractivity contribution in [3.05, 3.63) is 29.6 Å². The number of ether oxygens (including phenoxy) is 1. The summed E-state index contributed by atoms with van der Waals surface area (Å²) >= 11 is 0. The normalized spacial score (nSPS) is 20.6. The van der Waals surface area contributed by atoms with Gasteiger partial charge >= 0.3 is 0 Å². The third-order valence-corrected chi connectivity index (χ3v) is 5.92. The van der Waals surface area contributed by atoms with E-state index in [2.05, 4.69) is 21.3 Å². The Bertz CT molecular complexity index is 903. The number of carbonyl (C=O) groups excluding carboxylic acids is 2. The second-order valence-electron chi connectivity index (χ2n) is 7.99. The molecule has 2 aliphatic heterocycles. The summed E-state index contributed by atoms with van der Waals surface area (Å²) in [6.45, 7) is 7.72. The van der Waals surface area contributed by atoms with Gasteiger partial charge in [-0.3, -0.25) is 14.5 Å². The van der Waals surface area contributed by atoms with Gasteiger partial charge in [0.15, 0.2) is 0 Å². The first-order valence-electron chi connectivity index (χ1n) is 10.3. The molecule has 2 aromatic rings. The summed E-state index contributed by atoms with van der Waals surface area (Å²) in [6.07, 6.45) is 0.288. The zero-order valence-electron chi connectivity index (χ0n) is 17.2. The summed E-state index contributed by atoms with van der Waals surface area (Å²) in [7, 11) is 1.96. The molecule has 156 valence electrons. The van der Waals surface area contributed by atoms with Gasteiger partial charge in [0.05, 0.1) is 36.7 Å². The summed E-state index contributed by atoms with van der Waals surface area (Å²) in [5.74, 6) is 0.517. The number of amides is 2. The number of likely N-dealkylation sites (tertiary alicyclic amines) is 1. The van der Waals surface area contributed by atoms with Crippen LogP contribution in [0.1, 0.15) is 17.8 Å². The van der Waals surface area contributed by atoms with Crippen LogP contribution in [-0.4, -0.2) is 77.1 Å². The zero-order valence-corrected chi connectivity index (χ0v) is 17.2. The summed E-state index contributed by atoms with van der Waals surface area (Å²) < 4.78 is 7.36. The molecule has 0 bridgehead atoms. The van der Waals surface area contributed by atoms with Crippen molar-refractivity contribution in [3.8, 4) is 0 Å². The monoisotopic (exact) mass is 399 g/mol. The summed E-state index contributed by atoms with van der Waals surface area (Å²) in [6, 6.07) is 6.15. The van der Waals surface area contributed by atoms with Crippen LogP contribution in [0.4, 0.5) is 0 Å². The summed E-state index contributed by atoms with van der Waals surface area (Å²) in [4.78, 5) is 33.7. The van der Waals surface area contributed by atoms with Crippen LogP contribution in [0.15, 0.2) is 18.2 Å². The average Bonchev–Trinajstić information content (AvgIpc) is 3.24. The highest BCUT2D eigenvalue weighted by atomic mass is 16.5. The number of carbonyl (C=O) groups is 2. The molecular formula is C21H29N5O3. The largest absolute Gasteiger partial charge is 0.379 e. The van der Waals surface area contributed by atoms with Gasteiger partial charge in [-0.2, -0.15) is 0 Å². The number of benzene rings is 1. The number of aromatic nitrogens is 2. The third kappa shape index (κ3) is 4.43. The fraction of sp³-hybridized carbons (Fsp3) is 0.571. The molecule has 1 aromatic heterocycles. The van der Waals surface area contributed by atoms with Crippen molar-refractivity contribution in [1.29, 1.82) is 0 Å². The molecular weight excluding hydrogens is 370 g/mol. The van der Waals surface area contributed by atoms with Gasteiger partial charge in [0, 0.05) is 46.2 Å². The maximum absolute atomic E-state index is 12.6. The Kier molecular flexibility index (Phi) is 5.82. The molecule has 2 fully saturated rings. The van der Waals surface area contributed by atoms with Crippen molar-refractivity contribution in [2.24, 2.45) is 13.0 Å². The van der Waals surface area contributed by atoms with E-state index in [-0.39, 0.29) is 24.2 Å². The van der Waals surface area contributed by atoms with Crippen molar-refractivity contribution in [2.45, 2.75) is 19.9 Å². The average molecular weight is 399 g/mol. The first-order chi connectivity index (χ1) is 14.0. The number of nitrogens with zero attached hydrogens (tertiary/aromatic N) is 4. The molecule has 0 saturated carbocycles. The molecule has 2 saturated heterocycles. The van der Waals surface area contributed by atoms with Gasteiger partial charge in [-0.15, -0.1) is 0 Å². The number of aryl methyl sites for hydroxylation is 2. The Labute approximate surface area is 170 Å². The van der Waals surface area contributed by atoms with E-state index in [1.807, 2.05) is 35.6 Å². The van der Waals surface area contributed by atoms with Crippen LogP contribution in [0.5, 0.6) is 0 Å². The molecule has 29 heavy (non-hydrogen) atoms. The van der Waals surface area contributed by atoms with Crippen LogP contribution in [-0.2, 0) is 27.9 Å². The highest BCUT2D eigenvalue weighted by Gasteiger charge is 2.34. The van der Waals surface area contributed by atoms with Gasteiger partial charge in [0.1, 0.15) is 5.82 Å². The number of rotatable bonds is 6. The molecule has 0 spiro atoms. The molecule has 1 unspecified atom stereocenters. The van der Waals surface area contributed by atoms with Gasteiger partial charge in [-0.25, -0.2) is 4.98 Å². The number of hydrogen-bond acceptors (Lipinski definition) is 5. The Balaban J connectivity index is 1.30. The molecule has 3 heterocycles. The molecule has 1 atom stereocenters. The fourth-order valence-electron chi connectivity index (χ4n) is 4.08. The first kappa shape index (κ1) is 19.8. The van der Waals surface area contributed by atoms with E-state index >= 15 is 0 Å². The maximum Gasteiger partial charge on any atom is 0.225 e. The number of hydrogen-bond donors (Lipinski definition) is 1. The Morgan fingerprint density at radius 2 is 2.07 bits per heavy atom. The molecule has 1 aromatic carbocycles. The van der Waals surface area contributed by atoms with Crippen molar-refractivity contribution < 1.29 is 14.3 Å². The predicted octanol–water partition coefficient (Wildman–Crippen LogP) is 0.679. The van der Waals surface area contributed by atoms with Crippen LogP contribution in [0, 0.1) is 12.8 Å². The Morgan fingerprint density at radius 1 is 1.28 bits per heavy atom. The second-order valence-corrected chi connectivity index (χ2v) is 7.99. The lowest BCUT2D eigenvalue weighted by molar-refractivity contribution is -0.129. The smallest absolute Gasteiger partial charge is 0.225 e. The summed E-state index contributed by atoms with van der Waals surface area (Å²) in [5.41, 5.74) is 3.14. The lowest BCUT2D eigenvalue weighted by atomic mass is 10.1. The van der Waals surface area contributed by atoms with E-state index < -0.39 is 0 Å². The first-order valence-corrected chi connectivity index (χ1v) is 10.3. The van der Waals surface area contributed by atoms with E-state index in [9.17, 15) is 9.59 Å². The van der Waals surface area contributed by atoms with Crippen molar-refractivity contribution in [1.82, 2.24) is 24.7 Å². The minimum Gasteiger partial charge on any atom is -0.379 e. The van der Waals surface area contributed by atoms with Crippen LogP contribution >= 0.6 is 0 Å². The SMILES string of the molecule is Cc1ccc2c(c1)nc(CNC(=O)C1CC(=O)N(CCN3CCOCC3)C1)n2C. The maximum atomic E-state index is 12.6. The fourth-order valence-corrected chi connectivity index (χ4v) is 4.08. The lowest BCUT2D eigenvalue weighted by Crippen LogP contribution is -2.42. The molecule has 2 aliphatic rings. The number of morpholine rings is 1. The van der Waals surface area contributed by atoms with Gasteiger partial charge < -0.3 is 19.5 Å². The van der Waals surface area contributed by atoms with Crippen LogP contribution < -0.4 is 5.32 Å². The quantitative estimate of drug-likeness (QED) is 0.773. The van der Waals surface area contributed by atoms with Crippen molar-refractivity contribution >= 4 is 22.8 Å². The second kappa shape index (κ2) is 8.51. The molecule has 1 N–H and O–H groups in total. The van der Waals surface area contributed by atoms with Gasteiger partial charge in [0.25, 0.3) is 0 Å². The Morgan fingerprint density at radius 3 is 2.86 bits per heavy atom. The minimum atomic E-state index is -0.288. The molecule has 8 heteroatoms. The standard InChI is InChI=1S/C21H29N5O3/c1-15-3-4-18-17(11-15)23-19(24(18)2)13-22-21(28)16-12-20(27)26(14-16)6-5-25-7-9-29-10-8-25/h3-4,11,16H,5-10,12-14H2,1-2H3,(H,22,28). The van der Waals surface area contributed by atoms with E-state index in [1.165, 1.54) is 0 Å². The van der Waals surface area contributed by atoms with Gasteiger partial charge in [-0.05, 0) is 24.6 Å². The molecule has 4 rings (SSSR count). The van der Waals surface area contributed by atoms with Crippen LogP contribution in [0.2, 0.25) is 0 Å². The lowest BCUT2D eigenvalue weighted by Gasteiger charge is -2.28. The predicted molar refractivity (Wildman–Crippen MR) is 109 cm³/mol. The van der Waals surface area contributed by atoms with Crippen molar-refractivity contribution in [2.75, 3.05) is 45.9 Å². The zero-order chi connectivity index (χ0) is 20.4. The molecule has 8 nitrogen and oxygen atoms in total. The third-order valence-electron chi connectivity index (χ3n) is 5.92. The van der Waals surface area contributed by atoms with Crippen molar-refractivity contribution in [3.63, 3.8) is 0 Å². The van der Waals surface area contributed by atoms with E-state index in [0.717, 1.165) is 55.3 Å². The van der Waals surface area contributed by atoms with Crippen LogP contribution in [0.25, 0.3) is 11.0 Å². The number of imidazole rings is 1. The molecule has 0 aliphatic carbocycles. The highest BCUT2D eigenvalue weighted by Crippen LogP contribution is 2.19. The number of nitrogens with one attached hydrogen (secondary N) is 1. The van der Waals surface area contributed by atoms with E-state index in [1.54, 1.807) is 0 Å². The summed E-state index contributed by atoms with van der Waals surface area (Å²) in [5, 5.41) is 2.98. The molecule has 2 amide bonds. The minimum absolute atomic E-state index is 0.0663. The molecule has 0 radical (unpaired) electrons. The Hall–Kier alpha value is -2.45. The number of fused-ring (bicyclic) bond motifs is 1. The van der Waals surface area contributed by atoms with Crippen LogP contribution in [0.3, 0.4) is 0 Å².